The Morgan fingerprint density at radius 3 is 2.32 bits per heavy atom. The lowest BCUT2D eigenvalue weighted by Crippen LogP contribution is -2.37. The smallest absolute Gasteiger partial charge is 0.253 e. The number of carbonyl (C=O) groups is 2. The molecule has 0 spiro atoms. The highest BCUT2D eigenvalue weighted by Gasteiger charge is 2.21. The molecule has 1 aliphatic heterocycles. The minimum absolute atomic E-state index is 0. The first-order valence-electron chi connectivity index (χ1n) is 9.06. The van der Waals surface area contributed by atoms with Gasteiger partial charge in [-0.25, -0.2) is 0 Å². The van der Waals surface area contributed by atoms with Crippen molar-refractivity contribution in [3.05, 3.63) is 29.8 Å². The number of hydrogen-bond donors (Lipinski definition) is 2. The molecule has 25 heavy (non-hydrogen) atoms. The van der Waals surface area contributed by atoms with E-state index < -0.39 is 0 Å². The molecule has 2 amide bonds. The van der Waals surface area contributed by atoms with Gasteiger partial charge in [0, 0.05) is 30.9 Å². The summed E-state index contributed by atoms with van der Waals surface area (Å²) in [5.41, 5.74) is 1.42. The SMILES string of the molecule is CCCN(CCC)C(=O)c1ccc(NC(=O)C2CCCNC2)cc1.Cl. The molecule has 1 fully saturated rings. The minimum atomic E-state index is 0. The van der Waals surface area contributed by atoms with Crippen LogP contribution >= 0.6 is 12.4 Å². The molecule has 5 nitrogen and oxygen atoms in total. The van der Waals surface area contributed by atoms with Crippen LogP contribution in [-0.4, -0.2) is 42.9 Å². The summed E-state index contributed by atoms with van der Waals surface area (Å²) in [6, 6.07) is 7.24. The van der Waals surface area contributed by atoms with Crippen molar-refractivity contribution in [1.82, 2.24) is 10.2 Å². The van der Waals surface area contributed by atoms with E-state index >= 15 is 0 Å². The number of hydrogen-bond acceptors (Lipinski definition) is 3. The molecule has 1 aliphatic rings. The van der Waals surface area contributed by atoms with Crippen LogP contribution in [0.15, 0.2) is 24.3 Å². The number of nitrogens with zero attached hydrogens (tertiary/aromatic N) is 1. The summed E-state index contributed by atoms with van der Waals surface area (Å²) >= 11 is 0. The van der Waals surface area contributed by atoms with Crippen LogP contribution in [0.5, 0.6) is 0 Å². The lowest BCUT2D eigenvalue weighted by Gasteiger charge is -2.22. The van der Waals surface area contributed by atoms with Crippen molar-refractivity contribution < 1.29 is 9.59 Å². The lowest BCUT2D eigenvalue weighted by atomic mass is 9.99. The number of halogens is 1. The topological polar surface area (TPSA) is 61.4 Å². The summed E-state index contributed by atoms with van der Waals surface area (Å²) in [6.07, 6.45) is 3.87. The molecule has 1 unspecified atom stereocenters. The van der Waals surface area contributed by atoms with Crippen molar-refractivity contribution in [3.63, 3.8) is 0 Å². The second-order valence-corrected chi connectivity index (χ2v) is 6.40. The molecule has 1 aromatic carbocycles. The zero-order valence-corrected chi connectivity index (χ0v) is 16.0. The summed E-state index contributed by atoms with van der Waals surface area (Å²) in [5, 5.41) is 6.20. The molecule has 2 rings (SSSR count). The van der Waals surface area contributed by atoms with E-state index in [-0.39, 0.29) is 30.1 Å². The van der Waals surface area contributed by atoms with Gasteiger partial charge in [-0.3, -0.25) is 9.59 Å². The zero-order valence-electron chi connectivity index (χ0n) is 15.2. The van der Waals surface area contributed by atoms with Gasteiger partial charge in [-0.2, -0.15) is 0 Å². The molecule has 0 bridgehead atoms. The summed E-state index contributed by atoms with van der Waals surface area (Å²) in [4.78, 5) is 26.7. The Labute approximate surface area is 157 Å². The Kier molecular flexibility index (Phi) is 9.53. The van der Waals surface area contributed by atoms with Gasteiger partial charge in [0.15, 0.2) is 0 Å². The highest BCUT2D eigenvalue weighted by molar-refractivity contribution is 5.96. The predicted octanol–water partition coefficient (Wildman–Crippen LogP) is 3.31. The summed E-state index contributed by atoms with van der Waals surface area (Å²) in [6.45, 7) is 7.45. The first-order valence-corrected chi connectivity index (χ1v) is 9.06. The van der Waals surface area contributed by atoms with Gasteiger partial charge in [0.05, 0.1) is 5.92 Å². The molecule has 0 aromatic heterocycles. The van der Waals surface area contributed by atoms with E-state index in [0.29, 0.717) is 5.56 Å². The fourth-order valence-electron chi connectivity index (χ4n) is 3.05. The van der Waals surface area contributed by atoms with Gasteiger partial charge >= 0.3 is 0 Å². The van der Waals surface area contributed by atoms with E-state index in [0.717, 1.165) is 57.5 Å². The molecule has 140 valence electrons. The fraction of sp³-hybridized carbons (Fsp3) is 0.579. The van der Waals surface area contributed by atoms with Gasteiger partial charge in [0.2, 0.25) is 5.91 Å². The van der Waals surface area contributed by atoms with Crippen LogP contribution in [0.1, 0.15) is 49.9 Å². The molecule has 0 radical (unpaired) electrons. The molecule has 1 heterocycles. The second-order valence-electron chi connectivity index (χ2n) is 6.40. The van der Waals surface area contributed by atoms with E-state index in [2.05, 4.69) is 24.5 Å². The number of benzene rings is 1. The number of rotatable bonds is 7. The van der Waals surface area contributed by atoms with Crippen molar-refractivity contribution in [1.29, 1.82) is 0 Å². The highest BCUT2D eigenvalue weighted by atomic mass is 35.5. The molecule has 0 saturated carbocycles. The molecule has 2 N–H and O–H groups in total. The van der Waals surface area contributed by atoms with Crippen LogP contribution < -0.4 is 10.6 Å². The number of anilines is 1. The molecule has 6 heteroatoms. The Bertz CT molecular complexity index is 536. The Morgan fingerprint density at radius 2 is 1.80 bits per heavy atom. The van der Waals surface area contributed by atoms with Gasteiger partial charge < -0.3 is 15.5 Å². The van der Waals surface area contributed by atoms with Crippen molar-refractivity contribution in [2.45, 2.75) is 39.5 Å². The monoisotopic (exact) mass is 367 g/mol. The van der Waals surface area contributed by atoms with Gasteiger partial charge in [-0.15, -0.1) is 12.4 Å². The molecular formula is C19H30ClN3O2. The zero-order chi connectivity index (χ0) is 17.4. The van der Waals surface area contributed by atoms with E-state index in [1.807, 2.05) is 17.0 Å². The maximum absolute atomic E-state index is 12.5. The second kappa shape index (κ2) is 11.1. The third kappa shape index (κ3) is 6.33. The largest absolute Gasteiger partial charge is 0.339 e. The van der Waals surface area contributed by atoms with Crippen LogP contribution in [0, 0.1) is 5.92 Å². The number of carbonyl (C=O) groups excluding carboxylic acids is 2. The lowest BCUT2D eigenvalue weighted by molar-refractivity contribution is -0.120. The summed E-state index contributed by atoms with van der Waals surface area (Å²) in [7, 11) is 0. The normalized spacial score (nSPS) is 16.6. The third-order valence-corrected chi connectivity index (χ3v) is 4.34. The Morgan fingerprint density at radius 1 is 1.16 bits per heavy atom. The standard InChI is InChI=1S/C19H29N3O2.ClH/c1-3-12-22(13-4-2)19(24)15-7-9-17(10-8-15)21-18(23)16-6-5-11-20-14-16;/h7-10,16,20H,3-6,11-14H2,1-2H3,(H,21,23);1H. The van der Waals surface area contributed by atoms with E-state index in [1.165, 1.54) is 0 Å². The van der Waals surface area contributed by atoms with Gasteiger partial charge in [0.1, 0.15) is 0 Å². The average molecular weight is 368 g/mol. The van der Waals surface area contributed by atoms with Crippen LogP contribution in [0.3, 0.4) is 0 Å². The van der Waals surface area contributed by atoms with Crippen molar-refractivity contribution >= 4 is 29.9 Å². The Hall–Kier alpha value is -1.59. The van der Waals surface area contributed by atoms with E-state index in [4.69, 9.17) is 0 Å². The van der Waals surface area contributed by atoms with Crippen LogP contribution in [-0.2, 0) is 4.79 Å². The van der Waals surface area contributed by atoms with Crippen molar-refractivity contribution in [2.75, 3.05) is 31.5 Å². The average Bonchev–Trinajstić information content (AvgIpc) is 2.62. The van der Waals surface area contributed by atoms with Gasteiger partial charge in [-0.1, -0.05) is 13.8 Å². The maximum Gasteiger partial charge on any atom is 0.253 e. The number of piperidine rings is 1. The number of amides is 2. The highest BCUT2D eigenvalue weighted by Crippen LogP contribution is 2.16. The van der Waals surface area contributed by atoms with Gasteiger partial charge in [-0.05, 0) is 56.5 Å². The van der Waals surface area contributed by atoms with Crippen LogP contribution in [0.4, 0.5) is 5.69 Å². The summed E-state index contributed by atoms with van der Waals surface area (Å²) < 4.78 is 0. The third-order valence-electron chi connectivity index (χ3n) is 4.34. The van der Waals surface area contributed by atoms with Crippen molar-refractivity contribution in [3.8, 4) is 0 Å². The van der Waals surface area contributed by atoms with Crippen molar-refractivity contribution in [2.24, 2.45) is 5.92 Å². The molecule has 1 aromatic rings. The van der Waals surface area contributed by atoms with Gasteiger partial charge in [0.25, 0.3) is 5.91 Å². The number of nitrogens with one attached hydrogen (secondary N) is 2. The first kappa shape index (κ1) is 21.5. The predicted molar refractivity (Wildman–Crippen MR) is 104 cm³/mol. The Balaban J connectivity index is 0.00000312. The summed E-state index contributed by atoms with van der Waals surface area (Å²) in [5.74, 6) is 0.151. The minimum Gasteiger partial charge on any atom is -0.339 e. The quantitative estimate of drug-likeness (QED) is 0.777. The molecule has 1 atom stereocenters. The maximum atomic E-state index is 12.5. The van der Waals surface area contributed by atoms with Crippen LogP contribution in [0.25, 0.3) is 0 Å². The first-order chi connectivity index (χ1) is 11.7. The molecule has 0 aliphatic carbocycles. The van der Waals surface area contributed by atoms with Crippen LogP contribution in [0.2, 0.25) is 0 Å². The molecular weight excluding hydrogens is 338 g/mol. The van der Waals surface area contributed by atoms with E-state index in [9.17, 15) is 9.59 Å². The fourth-order valence-corrected chi connectivity index (χ4v) is 3.05. The molecule has 1 saturated heterocycles. The van der Waals surface area contributed by atoms with E-state index in [1.54, 1.807) is 12.1 Å².